The quantitative estimate of drug-likeness (QED) is 0.717. The summed E-state index contributed by atoms with van der Waals surface area (Å²) in [5, 5.41) is 7.87. The predicted molar refractivity (Wildman–Crippen MR) is 56.5 cm³/mol. The molecule has 2 rings (SSSR count). The lowest BCUT2D eigenvalue weighted by molar-refractivity contribution is 0.442. The van der Waals surface area contributed by atoms with Crippen LogP contribution in [0.3, 0.4) is 0 Å². The van der Waals surface area contributed by atoms with E-state index in [4.69, 9.17) is 10.3 Å². The minimum absolute atomic E-state index is 0.512. The number of nitrogens with two attached hydrogens (primary N) is 1. The third-order valence-corrected chi connectivity index (χ3v) is 2.12. The van der Waals surface area contributed by atoms with E-state index in [2.05, 4.69) is 20.4 Å². The van der Waals surface area contributed by atoms with E-state index in [-0.39, 0.29) is 0 Å². The van der Waals surface area contributed by atoms with Crippen molar-refractivity contribution in [1.29, 1.82) is 0 Å². The van der Waals surface area contributed by atoms with Crippen LogP contribution in [0.25, 0.3) is 11.1 Å². The molecule has 0 aromatic carbocycles. The molecule has 6 nitrogen and oxygen atoms in total. The van der Waals surface area contributed by atoms with E-state index in [0.717, 1.165) is 29.9 Å². The summed E-state index contributed by atoms with van der Waals surface area (Å²) in [4.78, 5) is 8.13. The molecule has 80 valence electrons. The normalized spacial score (nSPS) is 10.8. The summed E-state index contributed by atoms with van der Waals surface area (Å²) in [6, 6.07) is 0. The molecule has 6 heteroatoms. The number of aryl methyl sites for hydroxylation is 1. The Hall–Kier alpha value is -1.69. The summed E-state index contributed by atoms with van der Waals surface area (Å²) < 4.78 is 5.03. The van der Waals surface area contributed by atoms with Gasteiger partial charge in [-0.3, -0.25) is 0 Å². The van der Waals surface area contributed by atoms with Crippen LogP contribution >= 0.6 is 0 Å². The van der Waals surface area contributed by atoms with Crippen LogP contribution in [0.5, 0.6) is 0 Å². The van der Waals surface area contributed by atoms with Crippen LogP contribution in [0.1, 0.15) is 12.1 Å². The second kappa shape index (κ2) is 4.22. The Morgan fingerprint density at radius 2 is 2.33 bits per heavy atom. The zero-order chi connectivity index (χ0) is 10.7. The molecule has 0 fully saturated rings. The fourth-order valence-electron chi connectivity index (χ4n) is 1.36. The number of nitrogens with one attached hydrogen (secondary N) is 1. The first kappa shape index (κ1) is 9.85. The van der Waals surface area contributed by atoms with Crippen molar-refractivity contribution < 1.29 is 4.52 Å². The van der Waals surface area contributed by atoms with Gasteiger partial charge in [-0.05, 0) is 19.9 Å². The van der Waals surface area contributed by atoms with Crippen molar-refractivity contribution in [2.75, 3.05) is 18.4 Å². The van der Waals surface area contributed by atoms with E-state index in [1.54, 1.807) is 0 Å². The summed E-state index contributed by atoms with van der Waals surface area (Å²) in [6.07, 6.45) is 2.35. The van der Waals surface area contributed by atoms with Crippen LogP contribution in [-0.2, 0) is 0 Å². The highest BCUT2D eigenvalue weighted by Crippen LogP contribution is 2.21. The summed E-state index contributed by atoms with van der Waals surface area (Å²) >= 11 is 0. The molecule has 2 heterocycles. The van der Waals surface area contributed by atoms with E-state index in [9.17, 15) is 0 Å². The molecular weight excluding hydrogens is 194 g/mol. The van der Waals surface area contributed by atoms with E-state index in [1.807, 2.05) is 6.92 Å². The molecule has 0 aliphatic carbocycles. The van der Waals surface area contributed by atoms with Gasteiger partial charge in [-0.1, -0.05) is 5.16 Å². The fraction of sp³-hybridized carbons (Fsp3) is 0.444. The van der Waals surface area contributed by atoms with Gasteiger partial charge < -0.3 is 15.6 Å². The predicted octanol–water partition coefficient (Wildman–Crippen LogP) is 0.687. The Kier molecular flexibility index (Phi) is 2.77. The minimum atomic E-state index is 0.512. The zero-order valence-corrected chi connectivity index (χ0v) is 8.53. The second-order valence-electron chi connectivity index (χ2n) is 3.24. The third-order valence-electron chi connectivity index (χ3n) is 2.12. The van der Waals surface area contributed by atoms with Crippen LogP contribution in [0, 0.1) is 6.92 Å². The number of hydrogen-bond acceptors (Lipinski definition) is 6. The van der Waals surface area contributed by atoms with Gasteiger partial charge in [0, 0.05) is 6.54 Å². The number of hydrogen-bond donors (Lipinski definition) is 2. The van der Waals surface area contributed by atoms with Crippen LogP contribution in [0.2, 0.25) is 0 Å². The second-order valence-corrected chi connectivity index (χ2v) is 3.24. The van der Waals surface area contributed by atoms with Gasteiger partial charge in [-0.15, -0.1) is 0 Å². The van der Waals surface area contributed by atoms with E-state index in [1.165, 1.54) is 6.33 Å². The van der Waals surface area contributed by atoms with Gasteiger partial charge in [-0.25, -0.2) is 4.98 Å². The van der Waals surface area contributed by atoms with Gasteiger partial charge in [0.1, 0.15) is 17.5 Å². The monoisotopic (exact) mass is 207 g/mol. The largest absolute Gasteiger partial charge is 0.369 e. The molecule has 2 aromatic heterocycles. The highest BCUT2D eigenvalue weighted by Gasteiger charge is 2.10. The SMILES string of the molecule is Cc1noc2ncnc(NCCCN)c12. The summed E-state index contributed by atoms with van der Waals surface area (Å²) in [7, 11) is 0. The van der Waals surface area contributed by atoms with E-state index >= 15 is 0 Å². The lowest BCUT2D eigenvalue weighted by Crippen LogP contribution is -2.09. The lowest BCUT2D eigenvalue weighted by Gasteiger charge is -2.04. The molecule has 0 unspecified atom stereocenters. The van der Waals surface area contributed by atoms with E-state index < -0.39 is 0 Å². The number of fused-ring (bicyclic) bond motifs is 1. The minimum Gasteiger partial charge on any atom is -0.369 e. The smallest absolute Gasteiger partial charge is 0.263 e. The standard InChI is InChI=1S/C9H13N5O/c1-6-7-8(11-4-2-3-10)12-5-13-9(7)15-14-6/h5H,2-4,10H2,1H3,(H,11,12,13). The maximum atomic E-state index is 5.41. The number of anilines is 1. The Morgan fingerprint density at radius 1 is 1.47 bits per heavy atom. The Bertz CT molecular complexity index is 453. The van der Waals surface area contributed by atoms with Gasteiger partial charge in [0.15, 0.2) is 0 Å². The average Bonchev–Trinajstić information content (AvgIpc) is 2.62. The van der Waals surface area contributed by atoms with Crippen LogP contribution < -0.4 is 11.1 Å². The van der Waals surface area contributed by atoms with Crippen molar-refractivity contribution in [3.63, 3.8) is 0 Å². The molecule has 0 aliphatic rings. The molecule has 0 radical (unpaired) electrons. The van der Waals surface area contributed by atoms with Gasteiger partial charge in [0.25, 0.3) is 5.71 Å². The summed E-state index contributed by atoms with van der Waals surface area (Å²) in [6.45, 7) is 3.31. The molecular formula is C9H13N5O. The first-order valence-corrected chi connectivity index (χ1v) is 4.84. The van der Waals surface area contributed by atoms with Gasteiger partial charge in [-0.2, -0.15) is 4.98 Å². The molecule has 2 aromatic rings. The van der Waals surface area contributed by atoms with Crippen LogP contribution in [0.15, 0.2) is 10.9 Å². The molecule has 0 saturated heterocycles. The molecule has 0 aliphatic heterocycles. The first-order chi connectivity index (χ1) is 7.33. The number of rotatable bonds is 4. The first-order valence-electron chi connectivity index (χ1n) is 4.84. The lowest BCUT2D eigenvalue weighted by atomic mass is 10.3. The summed E-state index contributed by atoms with van der Waals surface area (Å²) in [5.74, 6) is 0.757. The Morgan fingerprint density at radius 3 is 3.13 bits per heavy atom. The maximum absolute atomic E-state index is 5.41. The molecule has 0 amide bonds. The van der Waals surface area contributed by atoms with Crippen LogP contribution in [0.4, 0.5) is 5.82 Å². The Labute approximate surface area is 86.9 Å². The zero-order valence-electron chi connectivity index (χ0n) is 8.53. The van der Waals surface area contributed by atoms with Crippen molar-refractivity contribution in [3.05, 3.63) is 12.0 Å². The molecule has 0 spiro atoms. The highest BCUT2D eigenvalue weighted by molar-refractivity contribution is 5.87. The van der Waals surface area contributed by atoms with Crippen LogP contribution in [-0.4, -0.2) is 28.2 Å². The number of nitrogens with zero attached hydrogens (tertiary/aromatic N) is 3. The van der Waals surface area contributed by atoms with Gasteiger partial charge in [0.2, 0.25) is 0 Å². The molecule has 0 bridgehead atoms. The number of aromatic nitrogens is 3. The van der Waals surface area contributed by atoms with Crippen molar-refractivity contribution in [2.24, 2.45) is 5.73 Å². The molecule has 3 N–H and O–H groups in total. The average molecular weight is 207 g/mol. The van der Waals surface area contributed by atoms with Gasteiger partial charge in [0.05, 0.1) is 5.69 Å². The third kappa shape index (κ3) is 1.89. The molecule has 0 saturated carbocycles. The van der Waals surface area contributed by atoms with E-state index in [0.29, 0.717) is 12.3 Å². The van der Waals surface area contributed by atoms with Crippen molar-refractivity contribution in [2.45, 2.75) is 13.3 Å². The summed E-state index contributed by atoms with van der Waals surface area (Å²) in [5.41, 5.74) is 6.72. The van der Waals surface area contributed by atoms with Crippen molar-refractivity contribution >= 4 is 16.9 Å². The molecule has 0 atom stereocenters. The molecule has 15 heavy (non-hydrogen) atoms. The topological polar surface area (TPSA) is 89.9 Å². The van der Waals surface area contributed by atoms with Crippen molar-refractivity contribution in [3.8, 4) is 0 Å². The maximum Gasteiger partial charge on any atom is 0.263 e. The Balaban J connectivity index is 2.29. The highest BCUT2D eigenvalue weighted by atomic mass is 16.5. The van der Waals surface area contributed by atoms with Crippen molar-refractivity contribution in [1.82, 2.24) is 15.1 Å². The van der Waals surface area contributed by atoms with Gasteiger partial charge >= 0.3 is 0 Å². The fourth-order valence-corrected chi connectivity index (χ4v) is 1.36.